The molecule has 0 aliphatic heterocycles. The molecular weight excluding hydrogens is 272 g/mol. The molecule has 0 bridgehead atoms. The molecule has 6 heteroatoms. The van der Waals surface area contributed by atoms with Crippen molar-refractivity contribution in [3.8, 4) is 0 Å². The quantitative estimate of drug-likeness (QED) is 0.721. The van der Waals surface area contributed by atoms with Gasteiger partial charge >= 0.3 is 5.97 Å². The summed E-state index contributed by atoms with van der Waals surface area (Å²) in [6.45, 7) is 3.45. The zero-order valence-corrected chi connectivity index (χ0v) is 11.1. The van der Waals surface area contributed by atoms with E-state index in [0.29, 0.717) is 10.9 Å². The van der Waals surface area contributed by atoms with E-state index in [2.05, 4.69) is 16.9 Å². The van der Waals surface area contributed by atoms with E-state index in [0.717, 1.165) is 6.07 Å². The van der Waals surface area contributed by atoms with Crippen molar-refractivity contribution in [1.82, 2.24) is 10.3 Å². The molecule has 0 spiro atoms. The van der Waals surface area contributed by atoms with Gasteiger partial charge in [0.1, 0.15) is 11.7 Å². The third kappa shape index (κ3) is 3.17. The van der Waals surface area contributed by atoms with Crippen molar-refractivity contribution < 1.29 is 14.7 Å². The van der Waals surface area contributed by atoms with Crippen LogP contribution in [-0.2, 0) is 4.79 Å². The van der Waals surface area contributed by atoms with Gasteiger partial charge in [0.15, 0.2) is 5.43 Å². The molecule has 6 nitrogen and oxygen atoms in total. The van der Waals surface area contributed by atoms with Crippen molar-refractivity contribution >= 4 is 22.8 Å². The molecule has 1 amide bonds. The lowest BCUT2D eigenvalue weighted by atomic mass is 10.1. The van der Waals surface area contributed by atoms with Gasteiger partial charge in [-0.3, -0.25) is 9.59 Å². The topological polar surface area (TPSA) is 99.3 Å². The number of carboxylic acids is 1. The minimum Gasteiger partial charge on any atom is -0.480 e. The Bertz CT molecular complexity index is 764. The number of pyridine rings is 1. The number of amides is 1. The number of hydrogen-bond donors (Lipinski definition) is 3. The first-order valence-corrected chi connectivity index (χ1v) is 6.29. The van der Waals surface area contributed by atoms with Gasteiger partial charge in [-0.15, -0.1) is 6.58 Å². The van der Waals surface area contributed by atoms with Gasteiger partial charge in [0.2, 0.25) is 0 Å². The molecule has 108 valence electrons. The van der Waals surface area contributed by atoms with Gasteiger partial charge in [0.25, 0.3) is 5.91 Å². The normalized spacial score (nSPS) is 11.8. The largest absolute Gasteiger partial charge is 0.480 e. The summed E-state index contributed by atoms with van der Waals surface area (Å²) in [5, 5.41) is 11.8. The molecule has 0 aliphatic rings. The highest BCUT2D eigenvalue weighted by molar-refractivity contribution is 5.96. The van der Waals surface area contributed by atoms with Crippen LogP contribution in [0, 0.1) is 0 Å². The Labute approximate surface area is 120 Å². The van der Waals surface area contributed by atoms with Crippen molar-refractivity contribution in [2.45, 2.75) is 12.5 Å². The highest BCUT2D eigenvalue weighted by Gasteiger charge is 2.20. The summed E-state index contributed by atoms with van der Waals surface area (Å²) in [5.74, 6) is -1.81. The number of para-hydroxylation sites is 1. The van der Waals surface area contributed by atoms with Crippen LogP contribution in [0.25, 0.3) is 10.9 Å². The van der Waals surface area contributed by atoms with Crippen molar-refractivity contribution in [1.29, 1.82) is 0 Å². The average molecular weight is 286 g/mol. The van der Waals surface area contributed by atoms with Crippen molar-refractivity contribution in [2.75, 3.05) is 0 Å². The number of nitrogens with one attached hydrogen (secondary N) is 2. The van der Waals surface area contributed by atoms with Gasteiger partial charge in [-0.2, -0.15) is 0 Å². The Morgan fingerprint density at radius 3 is 2.76 bits per heavy atom. The van der Waals surface area contributed by atoms with Crippen molar-refractivity contribution in [2.24, 2.45) is 0 Å². The summed E-state index contributed by atoms with van der Waals surface area (Å²) < 4.78 is 0. The molecule has 1 atom stereocenters. The number of H-pyrrole nitrogens is 1. The van der Waals surface area contributed by atoms with E-state index in [9.17, 15) is 14.4 Å². The van der Waals surface area contributed by atoms with Crippen LogP contribution >= 0.6 is 0 Å². The third-order valence-electron chi connectivity index (χ3n) is 2.99. The minimum absolute atomic E-state index is 0.0222. The molecule has 1 heterocycles. The lowest BCUT2D eigenvalue weighted by molar-refractivity contribution is -0.139. The van der Waals surface area contributed by atoms with Gasteiger partial charge in [-0.05, 0) is 18.6 Å². The summed E-state index contributed by atoms with van der Waals surface area (Å²) in [4.78, 5) is 37.8. The molecule has 2 rings (SSSR count). The first-order chi connectivity index (χ1) is 10.0. The molecule has 0 aliphatic carbocycles. The average Bonchev–Trinajstić information content (AvgIpc) is 2.46. The van der Waals surface area contributed by atoms with Gasteiger partial charge < -0.3 is 15.4 Å². The smallest absolute Gasteiger partial charge is 0.326 e. The van der Waals surface area contributed by atoms with Crippen LogP contribution in [0.4, 0.5) is 0 Å². The number of aromatic nitrogens is 1. The first kappa shape index (κ1) is 14.5. The number of carboxylic acid groups (broad SMARTS) is 1. The van der Waals surface area contributed by atoms with Crippen LogP contribution < -0.4 is 10.7 Å². The second-order valence-electron chi connectivity index (χ2n) is 4.48. The highest BCUT2D eigenvalue weighted by atomic mass is 16.4. The molecule has 1 aromatic carbocycles. The van der Waals surface area contributed by atoms with E-state index < -0.39 is 17.9 Å². The second-order valence-corrected chi connectivity index (χ2v) is 4.48. The molecule has 0 saturated heterocycles. The second kappa shape index (κ2) is 6.04. The molecule has 1 aromatic heterocycles. The Morgan fingerprint density at radius 2 is 2.10 bits per heavy atom. The predicted molar refractivity (Wildman–Crippen MR) is 78.3 cm³/mol. The van der Waals surface area contributed by atoms with Crippen molar-refractivity contribution in [3.05, 3.63) is 58.9 Å². The van der Waals surface area contributed by atoms with Gasteiger partial charge in [-0.1, -0.05) is 18.2 Å². The number of hydrogen-bond acceptors (Lipinski definition) is 3. The van der Waals surface area contributed by atoms with E-state index in [1.54, 1.807) is 24.3 Å². The fraction of sp³-hybridized carbons (Fsp3) is 0.133. The van der Waals surface area contributed by atoms with Gasteiger partial charge in [0, 0.05) is 17.0 Å². The van der Waals surface area contributed by atoms with Crippen LogP contribution in [-0.4, -0.2) is 28.0 Å². The zero-order valence-electron chi connectivity index (χ0n) is 11.1. The monoisotopic (exact) mass is 286 g/mol. The molecular formula is C15H14N2O4. The SMILES string of the molecule is C=CCC(NC(=O)c1cc(=O)c2ccccc2[nH]1)C(=O)O. The van der Waals surface area contributed by atoms with E-state index in [4.69, 9.17) is 5.11 Å². The summed E-state index contributed by atoms with van der Waals surface area (Å²) in [6, 6.07) is 6.86. The maximum Gasteiger partial charge on any atom is 0.326 e. The summed E-state index contributed by atoms with van der Waals surface area (Å²) >= 11 is 0. The molecule has 0 radical (unpaired) electrons. The summed E-state index contributed by atoms with van der Waals surface area (Å²) in [7, 11) is 0. The number of fused-ring (bicyclic) bond motifs is 1. The summed E-state index contributed by atoms with van der Waals surface area (Å²) in [6.07, 6.45) is 1.50. The maximum atomic E-state index is 12.1. The number of benzene rings is 1. The van der Waals surface area contributed by atoms with Gasteiger partial charge in [-0.25, -0.2) is 4.79 Å². The van der Waals surface area contributed by atoms with Crippen LogP contribution in [0.1, 0.15) is 16.9 Å². The van der Waals surface area contributed by atoms with Gasteiger partial charge in [0.05, 0.1) is 0 Å². The number of aliphatic carboxylic acids is 1. The highest BCUT2D eigenvalue weighted by Crippen LogP contribution is 2.07. The lowest BCUT2D eigenvalue weighted by Crippen LogP contribution is -2.41. The number of carbonyl (C=O) groups is 2. The fourth-order valence-electron chi connectivity index (χ4n) is 1.94. The third-order valence-corrected chi connectivity index (χ3v) is 2.99. The zero-order chi connectivity index (χ0) is 15.4. The Morgan fingerprint density at radius 1 is 1.38 bits per heavy atom. The first-order valence-electron chi connectivity index (χ1n) is 6.29. The molecule has 0 saturated carbocycles. The lowest BCUT2D eigenvalue weighted by Gasteiger charge is -2.12. The summed E-state index contributed by atoms with van der Waals surface area (Å²) in [5.41, 5.74) is 0.241. The molecule has 0 fully saturated rings. The van der Waals surface area contributed by atoms with Crippen LogP contribution in [0.2, 0.25) is 0 Å². The van der Waals surface area contributed by atoms with Crippen LogP contribution in [0.5, 0.6) is 0 Å². The Kier molecular flexibility index (Phi) is 4.18. The van der Waals surface area contributed by atoms with E-state index in [1.807, 2.05) is 0 Å². The van der Waals surface area contributed by atoms with Crippen LogP contribution in [0.15, 0.2) is 47.8 Å². The fourth-order valence-corrected chi connectivity index (χ4v) is 1.94. The van der Waals surface area contributed by atoms with E-state index in [1.165, 1.54) is 6.08 Å². The predicted octanol–water partition coefficient (Wildman–Crippen LogP) is 1.29. The van der Waals surface area contributed by atoms with E-state index >= 15 is 0 Å². The molecule has 21 heavy (non-hydrogen) atoms. The molecule has 3 N–H and O–H groups in total. The standard InChI is InChI=1S/C15H14N2O4/c1-2-5-11(15(20)21)17-14(19)12-8-13(18)9-6-3-4-7-10(9)16-12/h2-4,6-8,11H,1,5H2,(H,16,18)(H,17,19)(H,20,21). The molecule has 2 aromatic rings. The Balaban J connectivity index is 2.33. The maximum absolute atomic E-state index is 12.1. The number of aromatic amines is 1. The minimum atomic E-state index is -1.16. The number of rotatable bonds is 5. The van der Waals surface area contributed by atoms with Crippen LogP contribution in [0.3, 0.4) is 0 Å². The molecule has 1 unspecified atom stereocenters. The number of carbonyl (C=O) groups excluding carboxylic acids is 1. The Hall–Kier alpha value is -2.89. The van der Waals surface area contributed by atoms with Crippen molar-refractivity contribution in [3.63, 3.8) is 0 Å². The van der Waals surface area contributed by atoms with E-state index in [-0.39, 0.29) is 17.5 Å².